The molecule has 0 heterocycles. The average Bonchev–Trinajstić information content (AvgIpc) is 2.54. The third-order valence-corrected chi connectivity index (χ3v) is 4.64. The summed E-state index contributed by atoms with van der Waals surface area (Å²) >= 11 is 5.89. The summed E-state index contributed by atoms with van der Waals surface area (Å²) in [5.74, 6) is -0.361. The molecule has 122 valence electrons. The lowest BCUT2D eigenvalue weighted by Gasteiger charge is -2.40. The number of rotatable bonds is 3. The van der Waals surface area contributed by atoms with Gasteiger partial charge in [-0.2, -0.15) is 0 Å². The highest BCUT2D eigenvalue weighted by atomic mass is 35.5. The first kappa shape index (κ1) is 16.2. The molecule has 2 N–H and O–H groups in total. The molecule has 2 aromatic rings. The van der Waals surface area contributed by atoms with Gasteiger partial charge in [0.25, 0.3) is 0 Å². The van der Waals surface area contributed by atoms with Gasteiger partial charge in [-0.3, -0.25) is 0 Å². The molecule has 0 radical (unpaired) electrons. The van der Waals surface area contributed by atoms with Gasteiger partial charge < -0.3 is 10.5 Å². The van der Waals surface area contributed by atoms with Crippen molar-refractivity contribution < 1.29 is 13.5 Å². The molecule has 5 heteroatoms. The summed E-state index contributed by atoms with van der Waals surface area (Å²) in [7, 11) is 0. The van der Waals surface area contributed by atoms with Crippen LogP contribution in [0.1, 0.15) is 31.2 Å². The Balaban J connectivity index is 2.00. The standard InChI is InChI=1S/C18H18ClF2NO/c19-12-1-4-15(5-2-12)23-18(9-7-14(22)8-10-18)16-11-13(20)3-6-17(16)21/h1-6,11,14H,7-10,22H2. The minimum atomic E-state index is -0.907. The zero-order valence-electron chi connectivity index (χ0n) is 12.6. The van der Waals surface area contributed by atoms with Gasteiger partial charge >= 0.3 is 0 Å². The Morgan fingerprint density at radius 3 is 2.35 bits per heavy atom. The predicted molar refractivity (Wildman–Crippen MR) is 86.6 cm³/mol. The van der Waals surface area contributed by atoms with Crippen LogP contribution in [0.4, 0.5) is 8.78 Å². The Labute approximate surface area is 139 Å². The Hall–Kier alpha value is -1.65. The Morgan fingerprint density at radius 1 is 1.04 bits per heavy atom. The monoisotopic (exact) mass is 337 g/mol. The Morgan fingerprint density at radius 2 is 1.70 bits per heavy atom. The summed E-state index contributed by atoms with van der Waals surface area (Å²) in [5, 5.41) is 0.592. The quantitative estimate of drug-likeness (QED) is 0.873. The molecule has 0 aliphatic heterocycles. The summed E-state index contributed by atoms with van der Waals surface area (Å²) in [6.45, 7) is 0. The van der Waals surface area contributed by atoms with E-state index in [1.165, 1.54) is 6.07 Å². The van der Waals surface area contributed by atoms with Gasteiger partial charge in [-0.15, -0.1) is 0 Å². The maximum Gasteiger partial charge on any atom is 0.137 e. The van der Waals surface area contributed by atoms with E-state index < -0.39 is 17.2 Å². The molecule has 0 unspecified atom stereocenters. The summed E-state index contributed by atoms with van der Waals surface area (Å²) in [6, 6.07) is 10.4. The summed E-state index contributed by atoms with van der Waals surface area (Å²) in [6.07, 6.45) is 2.47. The fourth-order valence-corrected chi connectivity index (χ4v) is 3.23. The van der Waals surface area contributed by atoms with Gasteiger partial charge in [-0.05, 0) is 68.1 Å². The minimum absolute atomic E-state index is 0.0635. The van der Waals surface area contributed by atoms with E-state index in [-0.39, 0.29) is 11.6 Å². The van der Waals surface area contributed by atoms with Gasteiger partial charge in [0.15, 0.2) is 0 Å². The zero-order valence-corrected chi connectivity index (χ0v) is 13.3. The number of ether oxygens (including phenoxy) is 1. The van der Waals surface area contributed by atoms with Crippen LogP contribution in [0.25, 0.3) is 0 Å². The zero-order chi connectivity index (χ0) is 16.4. The number of hydrogen-bond donors (Lipinski definition) is 1. The molecule has 0 saturated heterocycles. The molecule has 3 rings (SSSR count). The number of hydrogen-bond acceptors (Lipinski definition) is 2. The third kappa shape index (κ3) is 3.48. The molecule has 1 fully saturated rings. The lowest BCUT2D eigenvalue weighted by Crippen LogP contribution is -2.42. The van der Waals surface area contributed by atoms with Crippen LogP contribution in [0.5, 0.6) is 5.75 Å². The van der Waals surface area contributed by atoms with Crippen molar-refractivity contribution in [3.63, 3.8) is 0 Å². The van der Waals surface area contributed by atoms with Gasteiger partial charge in [0.2, 0.25) is 0 Å². The summed E-state index contributed by atoms with van der Waals surface area (Å²) in [5.41, 5.74) is 5.32. The van der Waals surface area contributed by atoms with Crippen molar-refractivity contribution in [2.75, 3.05) is 0 Å². The van der Waals surface area contributed by atoms with E-state index in [9.17, 15) is 8.78 Å². The first-order chi connectivity index (χ1) is 11.0. The molecule has 1 aliphatic carbocycles. The van der Waals surface area contributed by atoms with Gasteiger partial charge in [0.1, 0.15) is 23.0 Å². The smallest absolute Gasteiger partial charge is 0.137 e. The largest absolute Gasteiger partial charge is 0.482 e. The van der Waals surface area contributed by atoms with Crippen LogP contribution in [0.2, 0.25) is 5.02 Å². The normalized spacial score (nSPS) is 24.4. The molecule has 1 saturated carbocycles. The maximum absolute atomic E-state index is 14.4. The molecule has 0 atom stereocenters. The van der Waals surface area contributed by atoms with E-state index in [1.807, 2.05) is 0 Å². The maximum atomic E-state index is 14.4. The lowest BCUT2D eigenvalue weighted by atomic mass is 9.77. The number of nitrogens with two attached hydrogens (primary N) is 1. The van der Waals surface area contributed by atoms with Crippen LogP contribution in [0, 0.1) is 11.6 Å². The topological polar surface area (TPSA) is 35.2 Å². The van der Waals surface area contributed by atoms with Gasteiger partial charge in [0.05, 0.1) is 0 Å². The summed E-state index contributed by atoms with van der Waals surface area (Å²) < 4.78 is 34.2. The first-order valence-electron chi connectivity index (χ1n) is 7.64. The lowest BCUT2D eigenvalue weighted by molar-refractivity contribution is 0.0180. The molecular formula is C18H18ClF2NO. The van der Waals surface area contributed by atoms with Crippen molar-refractivity contribution in [3.8, 4) is 5.75 Å². The number of halogens is 3. The second-order valence-electron chi connectivity index (χ2n) is 6.01. The van der Waals surface area contributed by atoms with E-state index in [0.717, 1.165) is 12.1 Å². The van der Waals surface area contributed by atoms with E-state index in [4.69, 9.17) is 22.1 Å². The van der Waals surface area contributed by atoms with Crippen molar-refractivity contribution in [1.29, 1.82) is 0 Å². The Kier molecular flexibility index (Phi) is 4.55. The van der Waals surface area contributed by atoms with Gasteiger partial charge in [-0.25, -0.2) is 8.78 Å². The van der Waals surface area contributed by atoms with Crippen molar-refractivity contribution >= 4 is 11.6 Å². The van der Waals surface area contributed by atoms with E-state index in [2.05, 4.69) is 0 Å². The first-order valence-corrected chi connectivity index (χ1v) is 8.02. The van der Waals surface area contributed by atoms with E-state index in [1.54, 1.807) is 24.3 Å². The molecule has 2 nitrogen and oxygen atoms in total. The molecule has 2 aromatic carbocycles. The Bertz CT molecular complexity index is 682. The van der Waals surface area contributed by atoms with Gasteiger partial charge in [0, 0.05) is 16.6 Å². The molecule has 0 amide bonds. The van der Waals surface area contributed by atoms with Crippen LogP contribution >= 0.6 is 11.6 Å². The highest BCUT2D eigenvalue weighted by molar-refractivity contribution is 6.30. The molecule has 23 heavy (non-hydrogen) atoms. The predicted octanol–water partition coefficient (Wildman–Crippen LogP) is 4.79. The van der Waals surface area contributed by atoms with Crippen molar-refractivity contribution in [1.82, 2.24) is 0 Å². The third-order valence-electron chi connectivity index (χ3n) is 4.38. The van der Waals surface area contributed by atoms with Crippen LogP contribution in [-0.2, 0) is 5.60 Å². The minimum Gasteiger partial charge on any atom is -0.482 e. The molecule has 1 aliphatic rings. The molecule has 0 spiro atoms. The second-order valence-corrected chi connectivity index (χ2v) is 6.45. The molecular weight excluding hydrogens is 320 g/mol. The second kappa shape index (κ2) is 6.46. The number of benzene rings is 2. The molecule has 0 bridgehead atoms. The SMILES string of the molecule is NC1CCC(Oc2ccc(Cl)cc2)(c2cc(F)ccc2F)CC1. The van der Waals surface area contributed by atoms with Crippen molar-refractivity contribution in [2.24, 2.45) is 5.73 Å². The fourth-order valence-electron chi connectivity index (χ4n) is 3.11. The van der Waals surface area contributed by atoms with Crippen LogP contribution in [0.15, 0.2) is 42.5 Å². The fraction of sp³-hybridized carbons (Fsp3) is 0.333. The van der Waals surface area contributed by atoms with Gasteiger partial charge in [-0.1, -0.05) is 11.6 Å². The van der Waals surface area contributed by atoms with Crippen LogP contribution < -0.4 is 10.5 Å². The van der Waals surface area contributed by atoms with Crippen LogP contribution in [-0.4, -0.2) is 6.04 Å². The van der Waals surface area contributed by atoms with Crippen molar-refractivity contribution in [3.05, 3.63) is 64.7 Å². The van der Waals surface area contributed by atoms with E-state index >= 15 is 0 Å². The van der Waals surface area contributed by atoms with Crippen molar-refractivity contribution in [2.45, 2.75) is 37.3 Å². The highest BCUT2D eigenvalue weighted by Crippen LogP contribution is 2.42. The van der Waals surface area contributed by atoms with Crippen LogP contribution in [0.3, 0.4) is 0 Å². The highest BCUT2D eigenvalue weighted by Gasteiger charge is 2.40. The summed E-state index contributed by atoms with van der Waals surface area (Å²) in [4.78, 5) is 0. The molecule has 0 aromatic heterocycles. The average molecular weight is 338 g/mol. The van der Waals surface area contributed by atoms with E-state index in [0.29, 0.717) is 36.5 Å².